The summed E-state index contributed by atoms with van der Waals surface area (Å²) in [7, 11) is -7.41. The molecule has 0 aliphatic carbocycles. The van der Waals surface area contributed by atoms with Crippen LogP contribution in [0.5, 0.6) is 11.5 Å². The van der Waals surface area contributed by atoms with Crippen LogP contribution < -0.4 is 9.47 Å². The Labute approximate surface area is 312 Å². The van der Waals surface area contributed by atoms with E-state index >= 15 is 0 Å². The van der Waals surface area contributed by atoms with Gasteiger partial charge in [0.1, 0.15) is 23.1 Å². The van der Waals surface area contributed by atoms with Gasteiger partial charge in [0.15, 0.2) is 0 Å². The van der Waals surface area contributed by atoms with Gasteiger partial charge in [-0.1, -0.05) is 35.4 Å². The van der Waals surface area contributed by atoms with E-state index in [-0.39, 0.29) is 42.6 Å². The predicted molar refractivity (Wildman–Crippen MR) is 171 cm³/mol. The maximum absolute atomic E-state index is 13.2. The molecular weight excluding hydrogens is 948 g/mol. The van der Waals surface area contributed by atoms with Crippen molar-refractivity contribution in [3.63, 3.8) is 0 Å². The molecule has 4 heterocycles. The molecule has 54 heavy (non-hydrogen) atoms. The number of pyridine rings is 4. The zero-order chi connectivity index (χ0) is 39.5. The van der Waals surface area contributed by atoms with E-state index in [1.54, 1.807) is 38.7 Å². The van der Waals surface area contributed by atoms with Crippen molar-refractivity contribution in [2.45, 2.75) is 0 Å². The number of nitrogens with zero attached hydrogens (tertiary/aromatic N) is 4. The van der Waals surface area contributed by atoms with Crippen molar-refractivity contribution in [1.29, 1.82) is 0 Å². The molecule has 4 aromatic heterocycles. The Balaban J connectivity index is 0.000000256. The summed E-state index contributed by atoms with van der Waals surface area (Å²) in [6.07, 6.45) is 5.31. The second-order valence-corrected chi connectivity index (χ2v) is 11.8. The molecule has 0 spiro atoms. The molecule has 20 heteroatoms. The molecule has 0 saturated carbocycles. The first-order valence-corrected chi connectivity index (χ1v) is 16.2. The Morgan fingerprint density at radius 1 is 0.481 bits per heavy atom. The van der Waals surface area contributed by atoms with Crippen LogP contribution in [-0.2, 0) is 20.1 Å². The summed E-state index contributed by atoms with van der Waals surface area (Å²) < 4.78 is 146. The summed E-state index contributed by atoms with van der Waals surface area (Å²) in [5.41, 5.74) is 2.01. The number of rotatable bonds is 5. The molecular formula is C34H22F12IrN4O2P. The van der Waals surface area contributed by atoms with Crippen LogP contribution in [-0.4, -0.2) is 34.2 Å². The maximum Gasteiger partial charge on any atom is 3.00 e. The third-order valence-corrected chi connectivity index (χ3v) is 5.88. The van der Waals surface area contributed by atoms with Gasteiger partial charge in [0.05, 0.1) is 38.0 Å². The minimum Gasteiger partial charge on any atom is -0.302 e. The SMILES string of the molecule is COc1ccnc(-c2cc(OC)ccn2)c1.F[P-](F)(F)(F)(F)F.Fc1ccc(-c2[c-]cc(F)cc2F)nc1.Fc1ccc(-c2[c-]cc(F)cc2F)nc1.[Ir+3]. The van der Waals surface area contributed by atoms with Gasteiger partial charge in [-0.25, -0.2) is 8.78 Å². The van der Waals surface area contributed by atoms with Crippen LogP contribution in [0.25, 0.3) is 33.9 Å². The number of ether oxygens (including phenoxy) is 2. The molecule has 0 N–H and O–H groups in total. The molecule has 0 bridgehead atoms. The quantitative estimate of drug-likeness (QED) is 0.0974. The molecule has 0 amide bonds. The average molecular weight is 970 g/mol. The van der Waals surface area contributed by atoms with Crippen molar-refractivity contribution in [1.82, 2.24) is 19.9 Å². The standard InChI is InChI=1S/C12H12N2O2.2C11H5F3N.F6P.Ir/c1-15-9-3-5-13-11(7-9)12-8-10(16-2)4-6-14-12;2*12-7-1-3-9(10(14)5-7)11-4-2-8(13)6-15-11;1-7(2,3,4,5)6;/h3-8H,1-2H3;2*1-2,4-6H;;/q;3*-1;+3. The van der Waals surface area contributed by atoms with Gasteiger partial charge in [0, 0.05) is 47.8 Å². The van der Waals surface area contributed by atoms with Crippen molar-refractivity contribution in [2.75, 3.05) is 14.2 Å². The number of aromatic nitrogens is 4. The van der Waals surface area contributed by atoms with E-state index in [4.69, 9.17) is 9.47 Å². The Kier molecular flexibility index (Phi) is 15.2. The van der Waals surface area contributed by atoms with E-state index in [1.165, 1.54) is 12.1 Å². The molecule has 6 aromatic rings. The number of methoxy groups -OCH3 is 2. The first-order chi connectivity index (χ1) is 24.6. The van der Waals surface area contributed by atoms with E-state index in [1.807, 2.05) is 12.1 Å². The van der Waals surface area contributed by atoms with E-state index in [2.05, 4.69) is 32.1 Å². The second-order valence-electron chi connectivity index (χ2n) is 9.93. The summed E-state index contributed by atoms with van der Waals surface area (Å²) in [6.45, 7) is 0. The molecule has 6 nitrogen and oxygen atoms in total. The van der Waals surface area contributed by atoms with Crippen LogP contribution in [0.4, 0.5) is 51.5 Å². The topological polar surface area (TPSA) is 70.0 Å². The van der Waals surface area contributed by atoms with Crippen molar-refractivity contribution in [3.8, 4) is 45.4 Å². The average Bonchev–Trinajstić information content (AvgIpc) is 3.09. The van der Waals surface area contributed by atoms with Crippen molar-refractivity contribution < 1.29 is 81.1 Å². The normalized spacial score (nSPS) is 11.7. The fourth-order valence-electron chi connectivity index (χ4n) is 3.69. The third kappa shape index (κ3) is 16.7. The van der Waals surface area contributed by atoms with Crippen LogP contribution >= 0.6 is 7.81 Å². The fourth-order valence-corrected chi connectivity index (χ4v) is 3.69. The Morgan fingerprint density at radius 3 is 1.11 bits per heavy atom. The second kappa shape index (κ2) is 18.3. The number of halogens is 12. The first kappa shape index (κ1) is 45.0. The maximum atomic E-state index is 13.2. The van der Waals surface area contributed by atoms with Gasteiger partial charge in [0.2, 0.25) is 0 Å². The molecule has 0 aliphatic heterocycles. The smallest absolute Gasteiger partial charge is 0.302 e. The summed E-state index contributed by atoms with van der Waals surface area (Å²) >= 11 is 0. The van der Waals surface area contributed by atoms with E-state index in [9.17, 15) is 51.5 Å². The molecule has 0 aliphatic rings. The zero-order valence-electron chi connectivity index (χ0n) is 27.2. The number of hydrogen-bond acceptors (Lipinski definition) is 6. The Hall–Kier alpha value is -5.12. The predicted octanol–water partition coefficient (Wildman–Crippen LogP) is 11.5. The van der Waals surface area contributed by atoms with Gasteiger partial charge in [0.25, 0.3) is 0 Å². The van der Waals surface area contributed by atoms with Gasteiger partial charge in [-0.15, -0.1) is 24.3 Å². The number of hydrogen-bond donors (Lipinski definition) is 0. The van der Waals surface area contributed by atoms with Crippen molar-refractivity contribution >= 4 is 7.81 Å². The van der Waals surface area contributed by atoms with Gasteiger partial charge in [-0.3, -0.25) is 27.5 Å². The minimum absolute atomic E-state index is 0. The van der Waals surface area contributed by atoms with Gasteiger partial charge >= 0.3 is 53.1 Å². The van der Waals surface area contributed by atoms with E-state index in [0.717, 1.165) is 71.7 Å². The summed E-state index contributed by atoms with van der Waals surface area (Å²) in [6, 6.07) is 20.5. The molecule has 6 rings (SSSR count). The third-order valence-electron chi connectivity index (χ3n) is 5.88. The molecule has 2 aromatic carbocycles. The zero-order valence-corrected chi connectivity index (χ0v) is 30.4. The number of benzene rings is 2. The van der Waals surface area contributed by atoms with Crippen LogP contribution in [0.1, 0.15) is 0 Å². The minimum atomic E-state index is -10.7. The molecule has 0 radical (unpaired) electrons. The van der Waals surface area contributed by atoms with E-state index < -0.39 is 42.7 Å². The van der Waals surface area contributed by atoms with Gasteiger partial charge in [-0.05, 0) is 35.7 Å². The van der Waals surface area contributed by atoms with E-state index in [0.29, 0.717) is 0 Å². The monoisotopic (exact) mass is 970 g/mol. The van der Waals surface area contributed by atoms with Gasteiger partial charge < -0.3 is 19.4 Å². The summed E-state index contributed by atoms with van der Waals surface area (Å²) in [4.78, 5) is 15.8. The summed E-state index contributed by atoms with van der Waals surface area (Å²) in [5, 5.41) is 0. The van der Waals surface area contributed by atoms with Crippen LogP contribution in [0.15, 0.2) is 97.6 Å². The molecule has 0 atom stereocenters. The molecule has 0 fully saturated rings. The fraction of sp³-hybridized carbons (Fsp3) is 0.0588. The Bertz CT molecular complexity index is 1980. The van der Waals surface area contributed by atoms with Crippen LogP contribution in [0.2, 0.25) is 0 Å². The van der Waals surface area contributed by atoms with Crippen LogP contribution in [0.3, 0.4) is 0 Å². The molecule has 0 saturated heterocycles. The van der Waals surface area contributed by atoms with Crippen molar-refractivity contribution in [2.24, 2.45) is 0 Å². The Morgan fingerprint density at radius 2 is 0.833 bits per heavy atom. The van der Waals surface area contributed by atoms with Crippen molar-refractivity contribution in [3.05, 3.63) is 145 Å². The largest absolute Gasteiger partial charge is 3.00 e. The van der Waals surface area contributed by atoms with Crippen LogP contribution in [0, 0.1) is 47.0 Å². The summed E-state index contributed by atoms with van der Waals surface area (Å²) in [5.74, 6) is -2.47. The van der Waals surface area contributed by atoms with Gasteiger partial charge in [-0.2, -0.15) is 0 Å². The molecule has 0 unspecified atom stereocenters. The molecule has 288 valence electrons. The first-order valence-electron chi connectivity index (χ1n) is 14.2.